The number of carboxylic acid groups (broad SMARTS) is 1. The first-order valence-corrected chi connectivity index (χ1v) is 14.1. The molecule has 0 aromatic carbocycles. The second kappa shape index (κ2) is 7.80. The molecule has 204 valence electrons. The van der Waals surface area contributed by atoms with Gasteiger partial charge in [0.2, 0.25) is 0 Å². The molecule has 0 aromatic rings. The quantitative estimate of drug-likeness (QED) is 0.361. The Hall–Kier alpha value is -0.950. The summed E-state index contributed by atoms with van der Waals surface area (Å²) in [6.45, 7) is 13.0. The SMILES string of the molecule is CC1(C)CC[C@]2(CO)[C@H](O)C[C@]3(C)C(=CC[C@@H]4[C@@]5(C)C[C@H](O)[C@H](O)[C@@](C)(C(=O)O)[C@@H]5CC[C@]43C)[C@@H]2C1. The van der Waals surface area contributed by atoms with E-state index in [1.807, 2.05) is 0 Å². The lowest BCUT2D eigenvalue weighted by atomic mass is 9.33. The molecule has 0 aromatic heterocycles. The topological polar surface area (TPSA) is 118 Å². The Morgan fingerprint density at radius 2 is 1.61 bits per heavy atom. The summed E-state index contributed by atoms with van der Waals surface area (Å²) in [6.07, 6.45) is 5.52. The van der Waals surface area contributed by atoms with Crippen molar-refractivity contribution in [3.63, 3.8) is 0 Å². The number of aliphatic hydroxyl groups excluding tert-OH is 4. The number of hydrogen-bond donors (Lipinski definition) is 5. The minimum absolute atomic E-state index is 0.00329. The van der Waals surface area contributed by atoms with E-state index in [2.05, 4.69) is 40.7 Å². The summed E-state index contributed by atoms with van der Waals surface area (Å²) in [5.41, 5.74) is -1.26. The predicted molar refractivity (Wildman–Crippen MR) is 137 cm³/mol. The molecule has 0 saturated heterocycles. The molecular formula is C30H48O6. The number of allylic oxidation sites excluding steroid dienone is 2. The van der Waals surface area contributed by atoms with Gasteiger partial charge in [0, 0.05) is 5.41 Å². The van der Waals surface area contributed by atoms with Crippen molar-refractivity contribution in [1.82, 2.24) is 0 Å². The van der Waals surface area contributed by atoms with Crippen LogP contribution in [0.15, 0.2) is 11.6 Å². The molecule has 6 heteroatoms. The Morgan fingerprint density at radius 1 is 0.944 bits per heavy atom. The molecule has 5 aliphatic rings. The lowest BCUT2D eigenvalue weighted by molar-refractivity contribution is -0.245. The zero-order valence-corrected chi connectivity index (χ0v) is 23.0. The molecule has 4 saturated carbocycles. The molecular weight excluding hydrogens is 456 g/mol. The van der Waals surface area contributed by atoms with Gasteiger partial charge in [0.1, 0.15) is 0 Å². The predicted octanol–water partition coefficient (Wildman–Crippen LogP) is 4.15. The van der Waals surface area contributed by atoms with E-state index in [9.17, 15) is 30.3 Å². The van der Waals surface area contributed by atoms with Gasteiger partial charge in [-0.05, 0) is 97.7 Å². The van der Waals surface area contributed by atoms with Gasteiger partial charge in [0.15, 0.2) is 0 Å². The normalized spacial score (nSPS) is 55.9. The molecule has 0 unspecified atom stereocenters. The van der Waals surface area contributed by atoms with Gasteiger partial charge >= 0.3 is 5.97 Å². The number of carbonyl (C=O) groups is 1. The molecule has 11 atom stereocenters. The van der Waals surface area contributed by atoms with Crippen LogP contribution in [0.3, 0.4) is 0 Å². The van der Waals surface area contributed by atoms with Crippen molar-refractivity contribution in [1.29, 1.82) is 0 Å². The van der Waals surface area contributed by atoms with Crippen LogP contribution in [0.1, 0.15) is 92.9 Å². The van der Waals surface area contributed by atoms with Crippen LogP contribution < -0.4 is 0 Å². The molecule has 36 heavy (non-hydrogen) atoms. The van der Waals surface area contributed by atoms with Gasteiger partial charge < -0.3 is 25.5 Å². The highest BCUT2D eigenvalue weighted by molar-refractivity contribution is 5.76. The lowest BCUT2D eigenvalue weighted by Crippen LogP contribution is -2.69. The van der Waals surface area contributed by atoms with Crippen LogP contribution in [-0.4, -0.2) is 56.4 Å². The molecule has 0 amide bonds. The number of hydrogen-bond acceptors (Lipinski definition) is 5. The summed E-state index contributed by atoms with van der Waals surface area (Å²) in [7, 11) is 0. The van der Waals surface area contributed by atoms with Gasteiger partial charge in [0.25, 0.3) is 0 Å². The fourth-order valence-electron chi connectivity index (χ4n) is 10.8. The van der Waals surface area contributed by atoms with Gasteiger partial charge in [-0.25, -0.2) is 0 Å². The molecule has 0 radical (unpaired) electrons. The largest absolute Gasteiger partial charge is 0.481 e. The second-order valence-electron chi connectivity index (χ2n) is 15.1. The van der Waals surface area contributed by atoms with Gasteiger partial charge in [-0.3, -0.25) is 4.79 Å². The van der Waals surface area contributed by atoms with Crippen LogP contribution in [0.5, 0.6) is 0 Å². The number of carboxylic acids is 1. The maximum atomic E-state index is 12.6. The maximum Gasteiger partial charge on any atom is 0.312 e. The van der Waals surface area contributed by atoms with Crippen molar-refractivity contribution < 1.29 is 30.3 Å². The third kappa shape index (κ3) is 3.02. The van der Waals surface area contributed by atoms with Crippen molar-refractivity contribution in [2.45, 2.75) is 111 Å². The van der Waals surface area contributed by atoms with E-state index < -0.39 is 40.5 Å². The number of aliphatic hydroxyl groups is 4. The van der Waals surface area contributed by atoms with E-state index in [-0.39, 0.29) is 40.6 Å². The summed E-state index contributed by atoms with van der Waals surface area (Å²) in [5, 5.41) is 54.5. The van der Waals surface area contributed by atoms with Crippen LogP contribution in [0.4, 0.5) is 0 Å². The number of rotatable bonds is 2. The highest BCUT2D eigenvalue weighted by Gasteiger charge is 2.72. The first kappa shape index (κ1) is 26.6. The monoisotopic (exact) mass is 504 g/mol. The molecule has 6 nitrogen and oxygen atoms in total. The third-order valence-electron chi connectivity index (χ3n) is 13.3. The standard InChI is InChI=1S/C30H48O6/c1-25(2)11-12-30(16-31)18(13-25)17-7-8-20-26(3)14-19(32)23(34)29(6,24(35)36)21(26)9-10-27(20,4)28(17,5)15-22(30)33/h7,18-23,31-34H,8-16H2,1-6H3,(H,35,36)/t18-,19-,20+,21+,22+,23-,26+,27+,28+,29-,30+/m0/s1. The number of fused-ring (bicyclic) bond motifs is 7. The van der Waals surface area contributed by atoms with Crippen molar-refractivity contribution in [2.75, 3.05) is 6.61 Å². The minimum Gasteiger partial charge on any atom is -0.481 e. The van der Waals surface area contributed by atoms with Crippen LogP contribution in [-0.2, 0) is 4.79 Å². The van der Waals surface area contributed by atoms with Crippen LogP contribution in [0.2, 0.25) is 0 Å². The molecule has 0 spiro atoms. The minimum atomic E-state index is -1.40. The summed E-state index contributed by atoms with van der Waals surface area (Å²) in [6, 6.07) is 0. The highest BCUT2D eigenvalue weighted by Crippen LogP contribution is 2.75. The third-order valence-corrected chi connectivity index (χ3v) is 13.3. The van der Waals surface area contributed by atoms with E-state index in [0.29, 0.717) is 19.3 Å². The molecule has 0 bridgehead atoms. The van der Waals surface area contributed by atoms with E-state index in [1.165, 1.54) is 5.57 Å². The Morgan fingerprint density at radius 3 is 2.22 bits per heavy atom. The Bertz CT molecular complexity index is 974. The average molecular weight is 505 g/mol. The van der Waals surface area contributed by atoms with Crippen LogP contribution in [0, 0.1) is 50.2 Å². The van der Waals surface area contributed by atoms with Crippen molar-refractivity contribution >= 4 is 5.97 Å². The van der Waals surface area contributed by atoms with E-state index in [4.69, 9.17) is 0 Å². The molecule has 0 aliphatic heterocycles. The zero-order chi connectivity index (χ0) is 26.7. The summed E-state index contributed by atoms with van der Waals surface area (Å²) >= 11 is 0. The first-order valence-electron chi connectivity index (χ1n) is 14.1. The van der Waals surface area contributed by atoms with Gasteiger partial charge in [-0.1, -0.05) is 46.3 Å². The van der Waals surface area contributed by atoms with E-state index in [0.717, 1.165) is 32.1 Å². The fourth-order valence-corrected chi connectivity index (χ4v) is 10.8. The molecule has 5 rings (SSSR count). The molecule has 4 fully saturated rings. The van der Waals surface area contributed by atoms with Gasteiger partial charge in [-0.15, -0.1) is 0 Å². The highest BCUT2D eigenvalue weighted by atomic mass is 16.4. The van der Waals surface area contributed by atoms with E-state index in [1.54, 1.807) is 6.92 Å². The zero-order valence-electron chi connectivity index (χ0n) is 23.0. The van der Waals surface area contributed by atoms with Crippen molar-refractivity contribution in [3.8, 4) is 0 Å². The molecule has 0 heterocycles. The molecule has 5 N–H and O–H groups in total. The Kier molecular flexibility index (Phi) is 5.77. The Labute approximate surface area is 216 Å². The second-order valence-corrected chi connectivity index (χ2v) is 15.1. The smallest absolute Gasteiger partial charge is 0.312 e. The van der Waals surface area contributed by atoms with Gasteiger partial charge in [-0.2, -0.15) is 0 Å². The van der Waals surface area contributed by atoms with E-state index >= 15 is 0 Å². The first-order chi connectivity index (χ1) is 16.5. The Balaban J connectivity index is 1.63. The summed E-state index contributed by atoms with van der Waals surface area (Å²) < 4.78 is 0. The summed E-state index contributed by atoms with van der Waals surface area (Å²) in [5.74, 6) is -1.01. The lowest BCUT2D eigenvalue weighted by Gasteiger charge is -2.72. The van der Waals surface area contributed by atoms with Crippen molar-refractivity contribution in [2.24, 2.45) is 50.2 Å². The molecule has 5 aliphatic carbocycles. The summed E-state index contributed by atoms with van der Waals surface area (Å²) in [4.78, 5) is 12.6. The fraction of sp³-hybridized carbons (Fsp3) is 0.900. The van der Waals surface area contributed by atoms with Crippen molar-refractivity contribution in [3.05, 3.63) is 11.6 Å². The van der Waals surface area contributed by atoms with Crippen LogP contribution >= 0.6 is 0 Å². The average Bonchev–Trinajstić information content (AvgIpc) is 2.77. The van der Waals surface area contributed by atoms with Gasteiger partial charge in [0.05, 0.1) is 30.3 Å². The maximum absolute atomic E-state index is 12.6. The van der Waals surface area contributed by atoms with Crippen LogP contribution in [0.25, 0.3) is 0 Å². The number of aliphatic carboxylic acids is 1.